The van der Waals surface area contributed by atoms with Crippen molar-refractivity contribution in [3.63, 3.8) is 0 Å². The number of ether oxygens (including phenoxy) is 5. The van der Waals surface area contributed by atoms with Gasteiger partial charge in [-0.2, -0.15) is 0 Å². The monoisotopic (exact) mass is 496 g/mol. The second-order valence-corrected chi connectivity index (χ2v) is 9.38. The molecule has 0 aliphatic carbocycles. The smallest absolute Gasteiger partial charge is 0.330 e. The van der Waals surface area contributed by atoms with Gasteiger partial charge in [-0.1, -0.05) is 0 Å². The lowest BCUT2D eigenvalue weighted by Crippen LogP contribution is -2.62. The molecule has 13 heteroatoms. The van der Waals surface area contributed by atoms with Gasteiger partial charge < -0.3 is 32.7 Å². The molecule has 1 saturated heterocycles. The van der Waals surface area contributed by atoms with Gasteiger partial charge in [0.15, 0.2) is 18.3 Å². The largest absolute Gasteiger partial charge is 0.463 e. The van der Waals surface area contributed by atoms with Gasteiger partial charge in [0.25, 0.3) is 0 Å². The van der Waals surface area contributed by atoms with E-state index in [0.717, 1.165) is 20.8 Å². The SMILES string of the molecule is CCOP(=O)(CC[C@H]1O[C@H](COC(C)=O)[C@@H](OC(C)=O)[C@H](OC(C)=O)[C@H]1OC(C)=O)OCC. The maximum atomic E-state index is 12.9. The van der Waals surface area contributed by atoms with Crippen molar-refractivity contribution in [3.05, 3.63) is 0 Å². The maximum Gasteiger partial charge on any atom is 0.330 e. The summed E-state index contributed by atoms with van der Waals surface area (Å²) in [6, 6.07) is 0. The van der Waals surface area contributed by atoms with E-state index in [4.69, 9.17) is 32.7 Å². The maximum absolute atomic E-state index is 12.9. The van der Waals surface area contributed by atoms with Crippen LogP contribution in [0.15, 0.2) is 0 Å². The fourth-order valence-corrected chi connectivity index (χ4v) is 5.09. The summed E-state index contributed by atoms with van der Waals surface area (Å²) in [5.74, 6) is -2.76. The molecular weight excluding hydrogens is 463 g/mol. The van der Waals surface area contributed by atoms with E-state index >= 15 is 0 Å². The van der Waals surface area contributed by atoms with Crippen molar-refractivity contribution >= 4 is 31.5 Å². The number of carbonyl (C=O) groups is 4. The molecule has 12 nitrogen and oxygen atoms in total. The van der Waals surface area contributed by atoms with E-state index in [1.165, 1.54) is 6.92 Å². The Hall–Kier alpha value is -2.01. The minimum Gasteiger partial charge on any atom is -0.463 e. The minimum absolute atomic E-state index is 0.0103. The van der Waals surface area contributed by atoms with Crippen LogP contribution in [0, 0.1) is 0 Å². The van der Waals surface area contributed by atoms with Crippen LogP contribution in [0.5, 0.6) is 0 Å². The third-order valence-corrected chi connectivity index (χ3v) is 6.54. The van der Waals surface area contributed by atoms with Crippen molar-refractivity contribution in [1.29, 1.82) is 0 Å². The molecule has 1 rings (SSSR count). The Morgan fingerprint density at radius 2 is 1.18 bits per heavy atom. The van der Waals surface area contributed by atoms with Crippen LogP contribution in [0.2, 0.25) is 0 Å². The summed E-state index contributed by atoms with van der Waals surface area (Å²) in [7, 11) is -3.48. The molecule has 0 N–H and O–H groups in total. The van der Waals surface area contributed by atoms with Crippen LogP contribution >= 0.6 is 7.60 Å². The van der Waals surface area contributed by atoms with Gasteiger partial charge in [0, 0.05) is 27.7 Å². The Labute approximate surface area is 193 Å². The van der Waals surface area contributed by atoms with Gasteiger partial charge >= 0.3 is 31.5 Å². The van der Waals surface area contributed by atoms with Gasteiger partial charge in [-0.15, -0.1) is 0 Å². The van der Waals surface area contributed by atoms with E-state index in [1.54, 1.807) is 13.8 Å². The van der Waals surface area contributed by atoms with E-state index in [9.17, 15) is 23.7 Å². The molecule has 190 valence electrons. The summed E-state index contributed by atoms with van der Waals surface area (Å²) in [4.78, 5) is 46.7. The van der Waals surface area contributed by atoms with Crippen LogP contribution in [-0.2, 0) is 56.5 Å². The second kappa shape index (κ2) is 13.6. The van der Waals surface area contributed by atoms with E-state index in [-0.39, 0.29) is 32.4 Å². The Morgan fingerprint density at radius 1 is 0.727 bits per heavy atom. The molecule has 0 saturated carbocycles. The summed E-state index contributed by atoms with van der Waals surface area (Å²) < 4.78 is 50.6. The molecule has 5 atom stereocenters. The Balaban J connectivity index is 3.32. The highest BCUT2D eigenvalue weighted by molar-refractivity contribution is 7.53. The number of esters is 4. The Bertz CT molecular complexity index is 729. The predicted molar refractivity (Wildman–Crippen MR) is 112 cm³/mol. The quantitative estimate of drug-likeness (QED) is 0.220. The number of hydrogen-bond donors (Lipinski definition) is 0. The minimum atomic E-state index is -3.48. The molecule has 1 heterocycles. The van der Waals surface area contributed by atoms with Crippen LogP contribution in [0.4, 0.5) is 0 Å². The first kappa shape index (κ1) is 29.0. The van der Waals surface area contributed by atoms with Crippen molar-refractivity contribution < 1.29 is 56.5 Å². The highest BCUT2D eigenvalue weighted by Crippen LogP contribution is 2.49. The number of hydrogen-bond acceptors (Lipinski definition) is 12. The third-order valence-electron chi connectivity index (χ3n) is 4.43. The van der Waals surface area contributed by atoms with Crippen LogP contribution in [0.1, 0.15) is 48.0 Å². The van der Waals surface area contributed by atoms with Crippen LogP contribution < -0.4 is 0 Å². The van der Waals surface area contributed by atoms with Crippen LogP contribution in [0.25, 0.3) is 0 Å². The normalized spacial score (nSPS) is 25.1. The molecule has 1 fully saturated rings. The van der Waals surface area contributed by atoms with Gasteiger partial charge in [-0.05, 0) is 20.3 Å². The zero-order valence-corrected chi connectivity index (χ0v) is 20.7. The van der Waals surface area contributed by atoms with Crippen LogP contribution in [0.3, 0.4) is 0 Å². The molecule has 0 spiro atoms. The van der Waals surface area contributed by atoms with E-state index in [1.807, 2.05) is 0 Å². The summed E-state index contributed by atoms with van der Waals surface area (Å²) in [6.45, 7) is 7.92. The van der Waals surface area contributed by atoms with Crippen LogP contribution in [-0.4, -0.2) is 80.4 Å². The summed E-state index contributed by atoms with van der Waals surface area (Å²) in [6.07, 6.45) is -5.83. The van der Waals surface area contributed by atoms with Gasteiger partial charge in [-0.3, -0.25) is 23.7 Å². The summed E-state index contributed by atoms with van der Waals surface area (Å²) >= 11 is 0. The van der Waals surface area contributed by atoms with E-state index in [2.05, 4.69) is 0 Å². The molecular formula is C20H33O12P. The molecule has 0 unspecified atom stereocenters. The lowest BCUT2D eigenvalue weighted by molar-refractivity contribution is -0.252. The highest BCUT2D eigenvalue weighted by atomic mass is 31.2. The van der Waals surface area contributed by atoms with Gasteiger partial charge in [0.05, 0.1) is 25.5 Å². The summed E-state index contributed by atoms with van der Waals surface area (Å²) in [5.41, 5.74) is 0. The highest BCUT2D eigenvalue weighted by Gasteiger charge is 2.52. The van der Waals surface area contributed by atoms with Gasteiger partial charge in [-0.25, -0.2) is 0 Å². The van der Waals surface area contributed by atoms with Crippen molar-refractivity contribution in [2.24, 2.45) is 0 Å². The lowest BCUT2D eigenvalue weighted by Gasteiger charge is -2.44. The fourth-order valence-electron chi connectivity index (χ4n) is 3.40. The fraction of sp³-hybridized carbons (Fsp3) is 0.800. The lowest BCUT2D eigenvalue weighted by atomic mass is 9.93. The number of rotatable bonds is 12. The van der Waals surface area contributed by atoms with Crippen molar-refractivity contribution in [1.82, 2.24) is 0 Å². The molecule has 0 bridgehead atoms. The Morgan fingerprint density at radius 3 is 1.61 bits per heavy atom. The van der Waals surface area contributed by atoms with Gasteiger partial charge in [0.2, 0.25) is 0 Å². The van der Waals surface area contributed by atoms with Gasteiger partial charge in [0.1, 0.15) is 12.7 Å². The average Bonchev–Trinajstić information content (AvgIpc) is 2.68. The summed E-state index contributed by atoms with van der Waals surface area (Å²) in [5, 5.41) is 0. The zero-order valence-electron chi connectivity index (χ0n) is 19.8. The topological polar surface area (TPSA) is 150 Å². The molecule has 1 aliphatic rings. The third kappa shape index (κ3) is 9.79. The zero-order chi connectivity index (χ0) is 25.2. The Kier molecular flexibility index (Phi) is 12.0. The standard InChI is InChI=1S/C20H33O12P/c1-7-27-33(25,28-8-2)10-9-16-18(29-13(4)22)20(31-15(6)24)19(30-14(5)23)17(32-16)11-26-12(3)21/h16-20H,7-11H2,1-6H3/t16-,17-,18+,19-,20-/m1/s1. The molecule has 0 radical (unpaired) electrons. The van der Waals surface area contributed by atoms with Crippen molar-refractivity contribution in [2.45, 2.75) is 78.5 Å². The first-order chi connectivity index (χ1) is 15.4. The first-order valence-corrected chi connectivity index (χ1v) is 12.3. The van der Waals surface area contributed by atoms with Crippen molar-refractivity contribution in [3.8, 4) is 0 Å². The van der Waals surface area contributed by atoms with E-state index < -0.39 is 62.0 Å². The molecule has 33 heavy (non-hydrogen) atoms. The van der Waals surface area contributed by atoms with E-state index in [0.29, 0.717) is 0 Å². The first-order valence-electron chi connectivity index (χ1n) is 10.6. The number of carbonyl (C=O) groups excluding carboxylic acids is 4. The molecule has 1 aliphatic heterocycles. The second-order valence-electron chi connectivity index (χ2n) is 7.20. The average molecular weight is 496 g/mol. The molecule has 0 aromatic carbocycles. The van der Waals surface area contributed by atoms with Crippen molar-refractivity contribution in [2.75, 3.05) is 26.0 Å². The predicted octanol–water partition coefficient (Wildman–Crippen LogP) is 1.77. The molecule has 0 amide bonds. The molecule has 0 aromatic heterocycles. The molecule has 0 aromatic rings.